The predicted octanol–water partition coefficient (Wildman–Crippen LogP) is 2.47. The van der Waals surface area contributed by atoms with Gasteiger partial charge < -0.3 is 10.5 Å². The summed E-state index contributed by atoms with van der Waals surface area (Å²) in [6.07, 6.45) is 6.60. The summed E-state index contributed by atoms with van der Waals surface area (Å²) in [5.41, 5.74) is 9.16. The Morgan fingerprint density at radius 1 is 1.04 bits per heavy atom. The molecule has 0 fully saturated rings. The van der Waals surface area contributed by atoms with Crippen LogP contribution >= 0.6 is 0 Å². The minimum atomic E-state index is 0.419. The number of hydrogen-bond acceptors (Lipinski definition) is 6. The molecule has 7 heteroatoms. The fourth-order valence-electron chi connectivity index (χ4n) is 2.69. The van der Waals surface area contributed by atoms with Crippen LogP contribution in [0.15, 0.2) is 55.2 Å². The van der Waals surface area contributed by atoms with Crippen molar-refractivity contribution in [1.82, 2.24) is 24.7 Å². The zero-order valence-corrected chi connectivity index (χ0v) is 12.9. The fraction of sp³-hybridized carbons (Fsp3) is 0.0588. The van der Waals surface area contributed by atoms with Gasteiger partial charge in [0.25, 0.3) is 0 Å². The number of anilines is 1. The van der Waals surface area contributed by atoms with Gasteiger partial charge in [-0.05, 0) is 18.2 Å². The van der Waals surface area contributed by atoms with Crippen LogP contribution in [0, 0.1) is 0 Å². The van der Waals surface area contributed by atoms with Gasteiger partial charge in [-0.1, -0.05) is 12.1 Å². The molecule has 2 N–H and O–H groups in total. The molecular weight excluding hydrogens is 304 g/mol. The van der Waals surface area contributed by atoms with Crippen molar-refractivity contribution in [2.24, 2.45) is 0 Å². The minimum Gasteiger partial charge on any atom is -0.494 e. The molecule has 3 heterocycles. The molecule has 0 unspecified atom stereocenters. The lowest BCUT2D eigenvalue weighted by Crippen LogP contribution is -2.00. The molecule has 0 saturated heterocycles. The number of rotatable bonds is 3. The molecule has 0 amide bonds. The number of fused-ring (bicyclic) bond motifs is 1. The van der Waals surface area contributed by atoms with E-state index in [9.17, 15) is 0 Å². The Labute approximate surface area is 137 Å². The van der Waals surface area contributed by atoms with Crippen molar-refractivity contribution < 1.29 is 4.74 Å². The van der Waals surface area contributed by atoms with Gasteiger partial charge in [-0.15, -0.1) is 0 Å². The Kier molecular flexibility index (Phi) is 3.31. The number of hydrogen-bond donors (Lipinski definition) is 1. The van der Waals surface area contributed by atoms with Gasteiger partial charge in [0.1, 0.15) is 23.6 Å². The Bertz CT molecular complexity index is 1030. The number of benzene rings is 1. The van der Waals surface area contributed by atoms with E-state index in [2.05, 4.69) is 20.1 Å². The number of para-hydroxylation sites is 2. The van der Waals surface area contributed by atoms with E-state index in [-0.39, 0.29) is 0 Å². The van der Waals surface area contributed by atoms with Gasteiger partial charge in [-0.25, -0.2) is 19.6 Å². The lowest BCUT2D eigenvalue weighted by molar-refractivity contribution is 0.412. The van der Waals surface area contributed by atoms with E-state index in [0.29, 0.717) is 11.5 Å². The molecule has 4 aromatic rings. The molecule has 1 aromatic carbocycles. The van der Waals surface area contributed by atoms with Crippen molar-refractivity contribution in [2.75, 3.05) is 12.8 Å². The van der Waals surface area contributed by atoms with Gasteiger partial charge in [-0.2, -0.15) is 5.10 Å². The van der Waals surface area contributed by atoms with Crippen LogP contribution in [-0.4, -0.2) is 31.8 Å². The van der Waals surface area contributed by atoms with E-state index in [4.69, 9.17) is 10.5 Å². The van der Waals surface area contributed by atoms with Gasteiger partial charge >= 0.3 is 0 Å². The number of nitrogens with two attached hydrogens (primary N) is 1. The number of nitrogen functional groups attached to an aromatic ring is 1. The predicted molar refractivity (Wildman–Crippen MR) is 90.9 cm³/mol. The van der Waals surface area contributed by atoms with E-state index in [0.717, 1.165) is 28.0 Å². The van der Waals surface area contributed by atoms with Crippen molar-refractivity contribution >= 4 is 16.9 Å². The first-order valence-corrected chi connectivity index (χ1v) is 7.31. The monoisotopic (exact) mass is 318 g/mol. The van der Waals surface area contributed by atoms with Crippen molar-refractivity contribution in [3.05, 3.63) is 55.2 Å². The highest BCUT2D eigenvalue weighted by molar-refractivity contribution is 5.95. The third-order valence-electron chi connectivity index (χ3n) is 3.82. The molecule has 0 radical (unpaired) electrons. The summed E-state index contributed by atoms with van der Waals surface area (Å²) in [5, 5.41) is 5.35. The summed E-state index contributed by atoms with van der Waals surface area (Å²) in [6, 6.07) is 9.54. The van der Waals surface area contributed by atoms with Crippen LogP contribution in [0.2, 0.25) is 0 Å². The molecule has 0 saturated carbocycles. The number of methoxy groups -OCH3 is 1. The van der Waals surface area contributed by atoms with E-state index < -0.39 is 0 Å². The highest BCUT2D eigenvalue weighted by Crippen LogP contribution is 2.32. The summed E-state index contributed by atoms with van der Waals surface area (Å²) in [6.45, 7) is 0. The van der Waals surface area contributed by atoms with Crippen molar-refractivity contribution in [3.63, 3.8) is 0 Å². The summed E-state index contributed by atoms with van der Waals surface area (Å²) in [5.74, 6) is 1.14. The minimum absolute atomic E-state index is 0.419. The second-order valence-electron chi connectivity index (χ2n) is 5.15. The first-order chi connectivity index (χ1) is 11.8. The molecule has 24 heavy (non-hydrogen) atoms. The van der Waals surface area contributed by atoms with E-state index >= 15 is 0 Å². The Hall–Kier alpha value is -3.48. The van der Waals surface area contributed by atoms with Crippen LogP contribution in [0.3, 0.4) is 0 Å². The molecule has 0 aliphatic rings. The zero-order chi connectivity index (χ0) is 16.5. The molecule has 0 aliphatic carbocycles. The molecule has 0 bridgehead atoms. The summed E-state index contributed by atoms with van der Waals surface area (Å²) in [7, 11) is 1.63. The summed E-state index contributed by atoms with van der Waals surface area (Å²) < 4.78 is 7.17. The molecule has 3 aromatic heterocycles. The van der Waals surface area contributed by atoms with Crippen molar-refractivity contribution in [2.45, 2.75) is 0 Å². The van der Waals surface area contributed by atoms with Gasteiger partial charge in [0.2, 0.25) is 0 Å². The second-order valence-corrected chi connectivity index (χ2v) is 5.15. The molecular formula is C17H14N6O. The van der Waals surface area contributed by atoms with Gasteiger partial charge in [0, 0.05) is 28.9 Å². The van der Waals surface area contributed by atoms with Crippen molar-refractivity contribution in [3.8, 4) is 22.6 Å². The molecule has 0 atom stereocenters. The van der Waals surface area contributed by atoms with Crippen LogP contribution < -0.4 is 10.5 Å². The van der Waals surface area contributed by atoms with E-state index in [1.54, 1.807) is 30.4 Å². The fourth-order valence-corrected chi connectivity index (χ4v) is 2.69. The third kappa shape index (κ3) is 2.14. The number of pyridine rings is 1. The topological polar surface area (TPSA) is 91.7 Å². The van der Waals surface area contributed by atoms with Crippen LogP contribution in [0.1, 0.15) is 0 Å². The van der Waals surface area contributed by atoms with Crippen LogP contribution in [0.4, 0.5) is 5.82 Å². The molecule has 7 nitrogen and oxygen atoms in total. The van der Waals surface area contributed by atoms with Crippen molar-refractivity contribution in [1.29, 1.82) is 0 Å². The number of ether oxygens (including phenoxy) is 1. The zero-order valence-electron chi connectivity index (χ0n) is 12.9. The summed E-state index contributed by atoms with van der Waals surface area (Å²) in [4.78, 5) is 12.6. The SMILES string of the molecule is COc1ccccc1-n1ncc2c(-c3cncnc3N)ccnc21. The number of nitrogens with zero attached hydrogens (tertiary/aromatic N) is 5. The molecule has 4 rings (SSSR count). The summed E-state index contributed by atoms with van der Waals surface area (Å²) >= 11 is 0. The highest BCUT2D eigenvalue weighted by Gasteiger charge is 2.15. The quantitative estimate of drug-likeness (QED) is 0.624. The first-order valence-electron chi connectivity index (χ1n) is 7.31. The standard InChI is InChI=1S/C17H14N6O/c1-24-15-5-3-2-4-14(15)23-17-13(9-22-23)11(6-7-20-17)12-8-19-10-21-16(12)18/h2-10H,1H3,(H2,18,19,21). The van der Waals surface area contributed by atoms with E-state index in [1.165, 1.54) is 6.33 Å². The number of aromatic nitrogens is 5. The smallest absolute Gasteiger partial charge is 0.163 e. The Balaban J connectivity index is 1.97. The molecule has 0 aliphatic heterocycles. The third-order valence-corrected chi connectivity index (χ3v) is 3.82. The Morgan fingerprint density at radius 3 is 2.75 bits per heavy atom. The van der Waals surface area contributed by atoms with E-state index in [1.807, 2.05) is 30.3 Å². The highest BCUT2D eigenvalue weighted by atomic mass is 16.5. The lowest BCUT2D eigenvalue weighted by atomic mass is 10.1. The first kappa shape index (κ1) is 14.1. The average Bonchev–Trinajstić information content (AvgIpc) is 3.06. The van der Waals surface area contributed by atoms with Gasteiger partial charge in [-0.3, -0.25) is 0 Å². The van der Waals surface area contributed by atoms with Gasteiger partial charge in [0.15, 0.2) is 5.65 Å². The largest absolute Gasteiger partial charge is 0.494 e. The average molecular weight is 318 g/mol. The maximum Gasteiger partial charge on any atom is 0.163 e. The van der Waals surface area contributed by atoms with Crippen LogP contribution in [-0.2, 0) is 0 Å². The Morgan fingerprint density at radius 2 is 1.92 bits per heavy atom. The molecule has 118 valence electrons. The van der Waals surface area contributed by atoms with Crippen LogP contribution in [0.25, 0.3) is 27.8 Å². The van der Waals surface area contributed by atoms with Gasteiger partial charge in [0.05, 0.1) is 13.3 Å². The second kappa shape index (κ2) is 5.62. The van der Waals surface area contributed by atoms with Crippen LogP contribution in [0.5, 0.6) is 5.75 Å². The lowest BCUT2D eigenvalue weighted by Gasteiger charge is -2.09. The maximum atomic E-state index is 5.99. The maximum absolute atomic E-state index is 5.99. The molecule has 0 spiro atoms. The normalized spacial score (nSPS) is 10.9.